The lowest BCUT2D eigenvalue weighted by molar-refractivity contribution is -0.120. The van der Waals surface area contributed by atoms with E-state index in [1.807, 2.05) is 13.0 Å². The van der Waals surface area contributed by atoms with Crippen molar-refractivity contribution in [3.05, 3.63) is 16.5 Å². The van der Waals surface area contributed by atoms with Gasteiger partial charge in [-0.05, 0) is 19.9 Å². The second-order valence-corrected chi connectivity index (χ2v) is 5.04. The molecule has 2 heterocycles. The molecule has 0 aliphatic carbocycles. The summed E-state index contributed by atoms with van der Waals surface area (Å²) in [4.78, 5) is 24.9. The highest BCUT2D eigenvalue weighted by Crippen LogP contribution is 2.31. The maximum absolute atomic E-state index is 11.7. The van der Waals surface area contributed by atoms with Crippen molar-refractivity contribution in [3.8, 4) is 0 Å². The molecule has 0 spiro atoms. The minimum Gasteiger partial charge on any atom is -0.465 e. The first-order valence-corrected chi connectivity index (χ1v) is 5.70. The van der Waals surface area contributed by atoms with Crippen molar-refractivity contribution in [1.82, 2.24) is 4.90 Å². The van der Waals surface area contributed by atoms with E-state index in [0.29, 0.717) is 0 Å². The van der Waals surface area contributed by atoms with Gasteiger partial charge in [0.1, 0.15) is 11.0 Å². The minimum atomic E-state index is -1.07. The second kappa shape index (κ2) is 3.79. The molecule has 1 aromatic heterocycles. The predicted octanol–water partition coefficient (Wildman–Crippen LogP) is 1.88. The number of hydrogen-bond acceptors (Lipinski definition) is 3. The van der Waals surface area contributed by atoms with Crippen LogP contribution in [0.15, 0.2) is 6.07 Å². The fraction of sp³-hybridized carbons (Fsp3) is 0.400. The Bertz CT molecular complexity index is 455. The van der Waals surface area contributed by atoms with Crippen LogP contribution < -0.4 is 5.32 Å². The topological polar surface area (TPSA) is 69.6 Å². The monoisotopic (exact) mass is 240 g/mol. The van der Waals surface area contributed by atoms with Gasteiger partial charge >= 0.3 is 6.09 Å². The Morgan fingerprint density at radius 1 is 1.69 bits per heavy atom. The molecule has 0 fully saturated rings. The van der Waals surface area contributed by atoms with Gasteiger partial charge in [-0.15, -0.1) is 11.3 Å². The molecular weight excluding hydrogens is 228 g/mol. The summed E-state index contributed by atoms with van der Waals surface area (Å²) in [7, 11) is 0. The number of anilines is 1. The van der Waals surface area contributed by atoms with Crippen LogP contribution in [0.25, 0.3) is 0 Å². The lowest BCUT2D eigenvalue weighted by atomic mass is 10.2. The summed E-state index contributed by atoms with van der Waals surface area (Å²) in [5.74, 6) is -0.275. The maximum atomic E-state index is 11.7. The summed E-state index contributed by atoms with van der Waals surface area (Å²) in [5, 5.41) is 12.5. The van der Waals surface area contributed by atoms with Crippen molar-refractivity contribution in [2.75, 3.05) is 5.32 Å². The highest BCUT2D eigenvalue weighted by molar-refractivity contribution is 7.16. The van der Waals surface area contributed by atoms with Gasteiger partial charge in [0.25, 0.3) is 0 Å². The van der Waals surface area contributed by atoms with E-state index in [2.05, 4.69) is 5.32 Å². The molecule has 0 bridgehead atoms. The molecule has 0 saturated carbocycles. The molecule has 5 nitrogen and oxygen atoms in total. The molecule has 1 aromatic rings. The molecule has 2 rings (SSSR count). The van der Waals surface area contributed by atoms with Gasteiger partial charge in [0.15, 0.2) is 0 Å². The van der Waals surface area contributed by atoms with Crippen molar-refractivity contribution in [2.24, 2.45) is 0 Å². The Morgan fingerprint density at radius 3 is 3.00 bits per heavy atom. The van der Waals surface area contributed by atoms with Gasteiger partial charge in [-0.1, -0.05) is 0 Å². The third kappa shape index (κ3) is 1.76. The zero-order valence-corrected chi connectivity index (χ0v) is 9.80. The molecule has 0 saturated heterocycles. The van der Waals surface area contributed by atoms with Gasteiger partial charge in [0, 0.05) is 10.4 Å². The average molecular weight is 240 g/mol. The molecule has 1 aliphatic rings. The number of amides is 2. The van der Waals surface area contributed by atoms with Gasteiger partial charge in [0.2, 0.25) is 5.91 Å². The first-order chi connectivity index (χ1) is 7.49. The third-order valence-corrected chi connectivity index (χ3v) is 3.61. The van der Waals surface area contributed by atoms with Crippen molar-refractivity contribution >= 4 is 28.3 Å². The molecule has 0 aromatic carbocycles. The Labute approximate surface area is 96.7 Å². The fourth-order valence-electron chi connectivity index (χ4n) is 1.70. The number of carbonyl (C=O) groups is 2. The summed E-state index contributed by atoms with van der Waals surface area (Å²) in [6.07, 6.45) is -1.07. The fourth-order valence-corrected chi connectivity index (χ4v) is 2.63. The molecule has 1 atom stereocenters. The molecular formula is C10H12N2O3S. The van der Waals surface area contributed by atoms with Crippen LogP contribution in [0, 0.1) is 6.92 Å². The summed E-state index contributed by atoms with van der Waals surface area (Å²) in [6.45, 7) is 3.78. The van der Waals surface area contributed by atoms with E-state index in [0.717, 1.165) is 20.3 Å². The zero-order chi connectivity index (χ0) is 11.9. The lowest BCUT2D eigenvalue weighted by Gasteiger charge is -2.21. The Morgan fingerprint density at radius 2 is 2.38 bits per heavy atom. The Hall–Kier alpha value is -1.56. The van der Waals surface area contributed by atoms with Crippen molar-refractivity contribution in [2.45, 2.75) is 26.4 Å². The number of carbonyl (C=O) groups excluding carboxylic acids is 1. The number of aryl methyl sites for hydroxylation is 1. The summed E-state index contributed by atoms with van der Waals surface area (Å²) >= 11 is 1.47. The van der Waals surface area contributed by atoms with Crippen LogP contribution in [0.1, 0.15) is 17.4 Å². The van der Waals surface area contributed by atoms with Crippen LogP contribution >= 0.6 is 11.3 Å². The number of carboxylic acid groups (broad SMARTS) is 1. The molecule has 6 heteroatoms. The number of nitrogens with zero attached hydrogens (tertiary/aromatic N) is 1. The van der Waals surface area contributed by atoms with E-state index in [-0.39, 0.29) is 12.5 Å². The van der Waals surface area contributed by atoms with Gasteiger partial charge < -0.3 is 10.4 Å². The van der Waals surface area contributed by atoms with Crippen LogP contribution in [0.2, 0.25) is 0 Å². The molecule has 2 amide bonds. The first kappa shape index (κ1) is 10.9. The summed E-state index contributed by atoms with van der Waals surface area (Å²) < 4.78 is 0. The number of hydrogen-bond donors (Lipinski definition) is 2. The van der Waals surface area contributed by atoms with Crippen LogP contribution in [0.4, 0.5) is 9.80 Å². The zero-order valence-electron chi connectivity index (χ0n) is 8.98. The summed E-state index contributed by atoms with van der Waals surface area (Å²) in [6, 6.07) is 1.26. The highest BCUT2D eigenvalue weighted by atomic mass is 32.1. The van der Waals surface area contributed by atoms with Crippen molar-refractivity contribution < 1.29 is 14.7 Å². The van der Waals surface area contributed by atoms with E-state index < -0.39 is 12.1 Å². The SMILES string of the molecule is Cc1cc2c(s1)NC(=O)C(C)N(C(=O)O)C2. The molecule has 16 heavy (non-hydrogen) atoms. The van der Waals surface area contributed by atoms with Crippen LogP contribution in [0.5, 0.6) is 0 Å². The molecule has 1 aliphatic heterocycles. The van der Waals surface area contributed by atoms with E-state index in [1.54, 1.807) is 6.92 Å². The average Bonchev–Trinajstić information content (AvgIpc) is 2.48. The molecule has 86 valence electrons. The normalized spacial score (nSPS) is 20.0. The smallest absolute Gasteiger partial charge is 0.408 e. The number of fused-ring (bicyclic) bond motifs is 1. The second-order valence-electron chi connectivity index (χ2n) is 3.79. The van der Waals surface area contributed by atoms with Crippen LogP contribution in [-0.2, 0) is 11.3 Å². The molecule has 1 unspecified atom stereocenters. The van der Waals surface area contributed by atoms with Crippen LogP contribution in [0.3, 0.4) is 0 Å². The van der Waals surface area contributed by atoms with E-state index in [9.17, 15) is 9.59 Å². The van der Waals surface area contributed by atoms with Crippen molar-refractivity contribution in [1.29, 1.82) is 0 Å². The highest BCUT2D eigenvalue weighted by Gasteiger charge is 2.30. The Kier molecular flexibility index (Phi) is 2.59. The standard InChI is InChI=1S/C10H12N2O3S/c1-5-3-7-4-12(10(14)15)6(2)8(13)11-9(7)16-5/h3,6H,4H2,1-2H3,(H,11,13)(H,14,15). The van der Waals surface area contributed by atoms with Gasteiger partial charge in [-0.2, -0.15) is 0 Å². The first-order valence-electron chi connectivity index (χ1n) is 4.89. The van der Waals surface area contributed by atoms with Gasteiger partial charge in [0.05, 0.1) is 6.54 Å². The third-order valence-electron chi connectivity index (χ3n) is 2.60. The largest absolute Gasteiger partial charge is 0.465 e. The number of rotatable bonds is 0. The van der Waals surface area contributed by atoms with E-state index in [4.69, 9.17) is 5.11 Å². The minimum absolute atomic E-state index is 0.259. The molecule has 2 N–H and O–H groups in total. The maximum Gasteiger partial charge on any atom is 0.408 e. The number of thiophene rings is 1. The Balaban J connectivity index is 2.40. The predicted molar refractivity (Wildman–Crippen MR) is 60.7 cm³/mol. The van der Waals surface area contributed by atoms with E-state index >= 15 is 0 Å². The van der Waals surface area contributed by atoms with Gasteiger partial charge in [-0.25, -0.2) is 4.79 Å². The van der Waals surface area contributed by atoms with E-state index in [1.165, 1.54) is 11.3 Å². The quantitative estimate of drug-likeness (QED) is 0.727. The lowest BCUT2D eigenvalue weighted by Crippen LogP contribution is -2.42. The summed E-state index contributed by atoms with van der Waals surface area (Å²) in [5.41, 5.74) is 0.864. The van der Waals surface area contributed by atoms with Gasteiger partial charge in [-0.3, -0.25) is 9.69 Å². The number of nitrogens with one attached hydrogen (secondary N) is 1. The van der Waals surface area contributed by atoms with Crippen LogP contribution in [-0.4, -0.2) is 28.0 Å². The van der Waals surface area contributed by atoms with Crippen molar-refractivity contribution in [3.63, 3.8) is 0 Å². The molecule has 0 radical (unpaired) electrons.